The highest BCUT2D eigenvalue weighted by Crippen LogP contribution is 2.40. The highest BCUT2D eigenvalue weighted by molar-refractivity contribution is 7.82. The summed E-state index contributed by atoms with van der Waals surface area (Å²) in [7, 11) is -1.73. The lowest BCUT2D eigenvalue weighted by atomic mass is 9.96. The fourth-order valence-electron chi connectivity index (χ4n) is 4.28. The molecule has 3 aromatic carbocycles. The Balaban J connectivity index is 1.71. The van der Waals surface area contributed by atoms with E-state index in [1.807, 2.05) is 37.3 Å². The van der Waals surface area contributed by atoms with Crippen molar-refractivity contribution in [2.45, 2.75) is 24.4 Å². The maximum atomic E-state index is 14.7. The van der Waals surface area contributed by atoms with Gasteiger partial charge in [0.25, 0.3) is 0 Å². The number of benzene rings is 3. The molecule has 1 unspecified atom stereocenters. The van der Waals surface area contributed by atoms with Gasteiger partial charge < -0.3 is 5.11 Å². The Bertz CT molecular complexity index is 1730. The Morgan fingerprint density at radius 1 is 1.02 bits per heavy atom. The van der Waals surface area contributed by atoms with Crippen molar-refractivity contribution < 1.29 is 27.3 Å². The van der Waals surface area contributed by atoms with Crippen LogP contribution in [0.3, 0.4) is 0 Å². The van der Waals surface area contributed by atoms with E-state index in [9.17, 15) is 27.3 Å². The van der Waals surface area contributed by atoms with Gasteiger partial charge in [-0.3, -0.25) is 0 Å². The highest BCUT2D eigenvalue weighted by Gasteiger charge is 2.41. The van der Waals surface area contributed by atoms with E-state index in [-0.39, 0.29) is 28.5 Å². The molecule has 0 aliphatic carbocycles. The van der Waals surface area contributed by atoms with Crippen molar-refractivity contribution in [1.29, 1.82) is 0 Å². The summed E-state index contributed by atoms with van der Waals surface area (Å²) in [5.74, 6) is -1.35. The van der Waals surface area contributed by atoms with Gasteiger partial charge in [0, 0.05) is 22.9 Å². The van der Waals surface area contributed by atoms with Crippen LogP contribution in [0.1, 0.15) is 32.9 Å². The van der Waals surface area contributed by atoms with E-state index >= 15 is 0 Å². The van der Waals surface area contributed by atoms with Crippen LogP contribution in [0.15, 0.2) is 83.1 Å². The second-order valence-corrected chi connectivity index (χ2v) is 10.9. The third kappa shape index (κ3) is 5.60. The summed E-state index contributed by atoms with van der Waals surface area (Å²) in [6.45, 7) is 1.96. The molecule has 2 aromatic heterocycles. The van der Waals surface area contributed by atoms with Gasteiger partial charge in [-0.2, -0.15) is 18.3 Å². The number of alkyl halides is 3. The van der Waals surface area contributed by atoms with Crippen molar-refractivity contribution in [3.05, 3.63) is 106 Å². The minimum absolute atomic E-state index is 0.0832. The first-order chi connectivity index (χ1) is 19.0. The molecule has 0 spiro atoms. The Labute approximate surface area is 233 Å². The number of hydrogen-bond acceptors (Lipinski definition) is 5. The van der Waals surface area contributed by atoms with Crippen molar-refractivity contribution in [3.63, 3.8) is 0 Å². The van der Waals surface area contributed by atoms with Gasteiger partial charge in [-0.1, -0.05) is 60.2 Å². The molecule has 0 aliphatic heterocycles. The number of carboxylic acids is 1. The number of nitrogens with zero attached hydrogens (tertiary/aromatic N) is 3. The molecule has 0 bridgehead atoms. The van der Waals surface area contributed by atoms with Crippen molar-refractivity contribution in [2.24, 2.45) is 5.14 Å². The maximum absolute atomic E-state index is 14.7. The van der Waals surface area contributed by atoms with Crippen LogP contribution in [0.25, 0.3) is 27.5 Å². The highest BCUT2D eigenvalue weighted by atomic mass is 32.2. The first-order valence-electron chi connectivity index (χ1n) is 11.8. The first kappa shape index (κ1) is 27.4. The summed E-state index contributed by atoms with van der Waals surface area (Å²) in [6.07, 6.45) is -5.00. The molecule has 5 rings (SSSR count). The molecule has 5 aromatic rings. The van der Waals surface area contributed by atoms with Gasteiger partial charge in [0.2, 0.25) is 5.13 Å². The van der Waals surface area contributed by atoms with Crippen LogP contribution in [0, 0.1) is 6.92 Å². The predicted octanol–water partition coefficient (Wildman–Crippen LogP) is 6.26. The monoisotopic (exact) mass is 582 g/mol. The number of aryl methyl sites for hydroxylation is 1. The van der Waals surface area contributed by atoms with Gasteiger partial charge in [0.1, 0.15) is 11.0 Å². The topological polar surface area (TPSA) is 111 Å². The summed E-state index contributed by atoms with van der Waals surface area (Å²) in [6, 6.07) is 21.0. The fourth-order valence-corrected chi connectivity index (χ4v) is 5.43. The van der Waals surface area contributed by atoms with Crippen molar-refractivity contribution in [2.75, 3.05) is 0 Å². The number of aromatic carboxylic acids is 1. The molecule has 2 heterocycles. The Morgan fingerprint density at radius 2 is 1.70 bits per heavy atom. The molecule has 12 heteroatoms. The third-order valence-corrected chi connectivity index (χ3v) is 7.75. The van der Waals surface area contributed by atoms with E-state index in [0.717, 1.165) is 28.0 Å². The van der Waals surface area contributed by atoms with E-state index < -0.39 is 28.8 Å². The molecular formula is C28H21F3N4O3S2. The van der Waals surface area contributed by atoms with Gasteiger partial charge in [-0.15, -0.1) is 11.3 Å². The summed E-state index contributed by atoms with van der Waals surface area (Å²) >= 11 is 0.752. The van der Waals surface area contributed by atoms with Gasteiger partial charge in [0.05, 0.1) is 10.6 Å². The molecular weight excluding hydrogens is 561 g/mol. The van der Waals surface area contributed by atoms with Crippen LogP contribution < -0.4 is 5.14 Å². The van der Waals surface area contributed by atoms with E-state index in [4.69, 9.17) is 5.14 Å². The molecule has 40 heavy (non-hydrogen) atoms. The van der Waals surface area contributed by atoms with E-state index in [0.29, 0.717) is 20.7 Å². The smallest absolute Gasteiger partial charge is 0.433 e. The Hall–Kier alpha value is -4.13. The van der Waals surface area contributed by atoms with Crippen LogP contribution in [-0.4, -0.2) is 30.0 Å². The SMILES string of the molecule is Cc1ccc(-c2cccc(-c3nn(-c4nc(C(=O)O)cs4)c(C(F)(F)F)c3Cc3ccc(S(N)=O)cc3)c2)cc1. The summed E-state index contributed by atoms with van der Waals surface area (Å²) in [4.78, 5) is 15.6. The number of halogens is 3. The minimum atomic E-state index is -4.84. The minimum Gasteiger partial charge on any atom is -0.476 e. The zero-order chi connectivity index (χ0) is 28.6. The average Bonchev–Trinajstić information content (AvgIpc) is 3.55. The lowest BCUT2D eigenvalue weighted by Gasteiger charge is -2.12. The number of carboxylic acid groups (broad SMARTS) is 1. The van der Waals surface area contributed by atoms with E-state index in [2.05, 4.69) is 10.1 Å². The molecule has 1 atom stereocenters. The fraction of sp³-hybridized carbons (Fsp3) is 0.107. The standard InChI is InChI=1S/C28H21F3N4O3S2/c1-16-5-9-18(10-6-16)19-3-2-4-20(14-19)24-22(13-17-7-11-21(12-8-17)40(32)38)25(28(29,30)31)35(34-24)27-33-23(15-39-27)26(36)37/h2-12,14-15H,13,32H2,1H3,(H,36,37). The van der Waals surface area contributed by atoms with Gasteiger partial charge in [0.15, 0.2) is 11.4 Å². The van der Waals surface area contributed by atoms with Crippen molar-refractivity contribution >= 4 is 28.3 Å². The molecule has 0 amide bonds. The van der Waals surface area contributed by atoms with E-state index in [1.165, 1.54) is 17.5 Å². The van der Waals surface area contributed by atoms with Crippen LogP contribution in [-0.2, 0) is 23.6 Å². The summed E-state index contributed by atoms with van der Waals surface area (Å²) in [5, 5.41) is 20.0. The first-order valence-corrected chi connectivity index (χ1v) is 13.9. The number of rotatable bonds is 7. The molecule has 0 fully saturated rings. The van der Waals surface area contributed by atoms with Gasteiger partial charge in [-0.05, 0) is 41.8 Å². The molecule has 7 nitrogen and oxygen atoms in total. The Kier molecular flexibility index (Phi) is 7.41. The lowest BCUT2D eigenvalue weighted by Crippen LogP contribution is -2.16. The molecule has 0 saturated heterocycles. The molecule has 0 radical (unpaired) electrons. The molecule has 0 saturated carbocycles. The lowest BCUT2D eigenvalue weighted by molar-refractivity contribution is -0.143. The second kappa shape index (κ2) is 10.8. The zero-order valence-corrected chi connectivity index (χ0v) is 22.5. The van der Waals surface area contributed by atoms with Crippen LogP contribution in [0.5, 0.6) is 0 Å². The van der Waals surface area contributed by atoms with Crippen LogP contribution >= 0.6 is 11.3 Å². The zero-order valence-electron chi connectivity index (χ0n) is 20.8. The van der Waals surface area contributed by atoms with Crippen molar-refractivity contribution in [3.8, 4) is 27.5 Å². The number of nitrogens with two attached hydrogens (primary N) is 1. The molecule has 204 valence electrons. The number of carbonyl (C=O) groups is 1. The van der Waals surface area contributed by atoms with Gasteiger partial charge >= 0.3 is 12.1 Å². The maximum Gasteiger partial charge on any atom is 0.433 e. The normalized spacial score (nSPS) is 12.4. The van der Waals surface area contributed by atoms with Gasteiger partial charge in [-0.25, -0.2) is 23.8 Å². The quantitative estimate of drug-likeness (QED) is 0.235. The predicted molar refractivity (Wildman–Crippen MR) is 147 cm³/mol. The van der Waals surface area contributed by atoms with E-state index in [1.54, 1.807) is 30.3 Å². The third-order valence-electron chi connectivity index (χ3n) is 6.20. The average molecular weight is 583 g/mol. The number of aromatic nitrogens is 3. The summed E-state index contributed by atoms with van der Waals surface area (Å²) in [5.41, 5.74) is 2.27. The number of thiazole rings is 1. The van der Waals surface area contributed by atoms with Crippen LogP contribution in [0.4, 0.5) is 13.2 Å². The summed E-state index contributed by atoms with van der Waals surface area (Å²) < 4.78 is 56.3. The molecule has 3 N–H and O–H groups in total. The largest absolute Gasteiger partial charge is 0.476 e. The van der Waals surface area contributed by atoms with Crippen molar-refractivity contribution in [1.82, 2.24) is 14.8 Å². The molecule has 0 aliphatic rings. The Morgan fingerprint density at radius 3 is 2.30 bits per heavy atom. The second-order valence-electron chi connectivity index (χ2n) is 8.97. The number of hydrogen-bond donors (Lipinski definition) is 2. The van der Waals surface area contributed by atoms with Crippen LogP contribution in [0.2, 0.25) is 0 Å².